The van der Waals surface area contributed by atoms with Gasteiger partial charge in [-0.2, -0.15) is 4.31 Å². The van der Waals surface area contributed by atoms with E-state index in [0.29, 0.717) is 36.0 Å². The zero-order valence-electron chi connectivity index (χ0n) is 17.0. The largest absolute Gasteiger partial charge is 0.497 e. The standard InChI is InChI=1S/C23H22N2O4S2/c1-28-19-7-9-22-21(15-19)24-23(30-22)29-18-10-12-25(13-11-18)31(26,27)20-8-6-16-4-2-3-5-17(16)14-20/h2-9,14-15,18H,10-13H2,1H3. The zero-order valence-corrected chi connectivity index (χ0v) is 18.7. The lowest BCUT2D eigenvalue weighted by atomic mass is 10.1. The highest BCUT2D eigenvalue weighted by Gasteiger charge is 2.30. The maximum atomic E-state index is 13.1. The Balaban J connectivity index is 1.27. The summed E-state index contributed by atoms with van der Waals surface area (Å²) in [5.41, 5.74) is 0.843. The summed E-state index contributed by atoms with van der Waals surface area (Å²) in [6, 6.07) is 18.8. The highest BCUT2D eigenvalue weighted by molar-refractivity contribution is 7.89. The molecular formula is C23H22N2O4S2. The van der Waals surface area contributed by atoms with Crippen LogP contribution in [-0.2, 0) is 10.0 Å². The van der Waals surface area contributed by atoms with E-state index in [1.165, 1.54) is 11.3 Å². The fraction of sp³-hybridized carbons (Fsp3) is 0.261. The number of thiazole rings is 1. The van der Waals surface area contributed by atoms with Crippen molar-refractivity contribution in [3.05, 3.63) is 60.7 Å². The Morgan fingerprint density at radius 3 is 2.55 bits per heavy atom. The first kappa shape index (κ1) is 20.2. The first-order valence-electron chi connectivity index (χ1n) is 10.1. The summed E-state index contributed by atoms with van der Waals surface area (Å²) in [5, 5.41) is 2.57. The molecule has 1 saturated heterocycles. The SMILES string of the molecule is COc1ccc2sc(OC3CCN(S(=O)(=O)c4ccc5ccccc5c4)CC3)nc2c1. The van der Waals surface area contributed by atoms with E-state index in [0.717, 1.165) is 26.7 Å². The molecule has 4 aromatic rings. The predicted molar refractivity (Wildman–Crippen MR) is 123 cm³/mol. The van der Waals surface area contributed by atoms with E-state index in [4.69, 9.17) is 9.47 Å². The van der Waals surface area contributed by atoms with Crippen molar-refractivity contribution in [3.63, 3.8) is 0 Å². The number of benzene rings is 3. The van der Waals surface area contributed by atoms with Crippen LogP contribution in [0.25, 0.3) is 21.0 Å². The fourth-order valence-electron chi connectivity index (χ4n) is 3.87. The Labute approximate surface area is 185 Å². The molecule has 8 heteroatoms. The van der Waals surface area contributed by atoms with Gasteiger partial charge < -0.3 is 9.47 Å². The number of fused-ring (bicyclic) bond motifs is 2. The van der Waals surface area contributed by atoms with Gasteiger partial charge >= 0.3 is 0 Å². The number of ether oxygens (including phenoxy) is 2. The molecule has 1 aliphatic rings. The lowest BCUT2D eigenvalue weighted by molar-refractivity contribution is 0.135. The van der Waals surface area contributed by atoms with Gasteiger partial charge in [0.05, 0.1) is 22.2 Å². The third-order valence-electron chi connectivity index (χ3n) is 5.60. The second kappa shape index (κ2) is 8.11. The van der Waals surface area contributed by atoms with Gasteiger partial charge in [0, 0.05) is 19.2 Å². The molecule has 1 fully saturated rings. The minimum atomic E-state index is -3.53. The van der Waals surface area contributed by atoms with Crippen LogP contribution >= 0.6 is 11.3 Å². The van der Waals surface area contributed by atoms with E-state index in [-0.39, 0.29) is 6.10 Å². The number of rotatable bonds is 5. The first-order chi connectivity index (χ1) is 15.0. The van der Waals surface area contributed by atoms with E-state index in [2.05, 4.69) is 4.98 Å². The maximum Gasteiger partial charge on any atom is 0.274 e. The van der Waals surface area contributed by atoms with E-state index in [9.17, 15) is 8.42 Å². The molecule has 3 aromatic carbocycles. The van der Waals surface area contributed by atoms with Gasteiger partial charge in [-0.1, -0.05) is 41.7 Å². The number of hydrogen-bond donors (Lipinski definition) is 0. The van der Waals surface area contributed by atoms with Crippen LogP contribution in [-0.4, -0.2) is 44.0 Å². The Morgan fingerprint density at radius 1 is 1.00 bits per heavy atom. The Bertz CT molecular complexity index is 1340. The number of nitrogens with zero attached hydrogens (tertiary/aromatic N) is 2. The fourth-order valence-corrected chi connectivity index (χ4v) is 6.24. The number of sulfonamides is 1. The third-order valence-corrected chi connectivity index (χ3v) is 8.42. The van der Waals surface area contributed by atoms with E-state index in [1.807, 2.05) is 48.5 Å². The van der Waals surface area contributed by atoms with Crippen LogP contribution in [0, 0.1) is 0 Å². The van der Waals surface area contributed by atoms with Crippen LogP contribution in [0.3, 0.4) is 0 Å². The highest BCUT2D eigenvalue weighted by Crippen LogP contribution is 2.32. The molecule has 6 nitrogen and oxygen atoms in total. The number of methoxy groups -OCH3 is 1. The minimum absolute atomic E-state index is 0.0505. The third kappa shape index (κ3) is 3.98. The highest BCUT2D eigenvalue weighted by atomic mass is 32.2. The molecule has 160 valence electrons. The maximum absolute atomic E-state index is 13.1. The minimum Gasteiger partial charge on any atom is -0.497 e. The van der Waals surface area contributed by atoms with Crippen LogP contribution in [0.2, 0.25) is 0 Å². The quantitative estimate of drug-likeness (QED) is 0.438. The van der Waals surface area contributed by atoms with Crippen molar-refractivity contribution in [2.45, 2.75) is 23.8 Å². The molecular weight excluding hydrogens is 432 g/mol. The van der Waals surface area contributed by atoms with Gasteiger partial charge in [-0.05, 0) is 47.9 Å². The van der Waals surface area contributed by atoms with Gasteiger partial charge in [-0.25, -0.2) is 13.4 Å². The summed E-state index contributed by atoms with van der Waals surface area (Å²) in [4.78, 5) is 4.88. The number of hydrogen-bond acceptors (Lipinski definition) is 6. The van der Waals surface area contributed by atoms with E-state index >= 15 is 0 Å². The van der Waals surface area contributed by atoms with Gasteiger partial charge in [-0.15, -0.1) is 0 Å². The molecule has 0 spiro atoms. The molecule has 0 bridgehead atoms. The number of piperidine rings is 1. The van der Waals surface area contributed by atoms with Gasteiger partial charge in [0.1, 0.15) is 11.9 Å². The lowest BCUT2D eigenvalue weighted by Crippen LogP contribution is -2.41. The molecule has 0 aliphatic carbocycles. The molecule has 0 amide bonds. The smallest absolute Gasteiger partial charge is 0.274 e. The van der Waals surface area contributed by atoms with Gasteiger partial charge in [0.25, 0.3) is 5.19 Å². The van der Waals surface area contributed by atoms with Crippen molar-refractivity contribution in [2.75, 3.05) is 20.2 Å². The first-order valence-corrected chi connectivity index (χ1v) is 12.4. The Hall–Kier alpha value is -2.68. The summed E-state index contributed by atoms with van der Waals surface area (Å²) >= 11 is 1.49. The predicted octanol–water partition coefficient (Wildman–Crippen LogP) is 4.69. The summed E-state index contributed by atoms with van der Waals surface area (Å²) < 4.78 is 40.2. The molecule has 1 aliphatic heterocycles. The van der Waals surface area contributed by atoms with Crippen molar-refractivity contribution < 1.29 is 17.9 Å². The summed E-state index contributed by atoms with van der Waals surface area (Å²) in [6.07, 6.45) is 1.21. The number of aromatic nitrogens is 1. The van der Waals surface area contributed by atoms with Crippen LogP contribution in [0.4, 0.5) is 0 Å². The zero-order chi connectivity index (χ0) is 21.4. The van der Waals surface area contributed by atoms with Crippen molar-refractivity contribution >= 4 is 42.3 Å². The molecule has 0 unspecified atom stereocenters. The van der Waals surface area contributed by atoms with Crippen LogP contribution in [0.5, 0.6) is 10.9 Å². The van der Waals surface area contributed by atoms with Crippen molar-refractivity contribution in [2.24, 2.45) is 0 Å². The van der Waals surface area contributed by atoms with Crippen LogP contribution in [0.15, 0.2) is 65.6 Å². The summed E-state index contributed by atoms with van der Waals surface area (Å²) in [5.74, 6) is 0.761. The van der Waals surface area contributed by atoms with Crippen molar-refractivity contribution in [1.82, 2.24) is 9.29 Å². The van der Waals surface area contributed by atoms with Crippen molar-refractivity contribution in [3.8, 4) is 10.9 Å². The van der Waals surface area contributed by atoms with Crippen molar-refractivity contribution in [1.29, 1.82) is 0 Å². The normalized spacial score (nSPS) is 16.0. The molecule has 0 saturated carbocycles. The van der Waals surface area contributed by atoms with Crippen LogP contribution < -0.4 is 9.47 Å². The molecule has 31 heavy (non-hydrogen) atoms. The average Bonchev–Trinajstić information content (AvgIpc) is 3.20. The summed E-state index contributed by atoms with van der Waals surface area (Å²) in [7, 11) is -1.90. The molecule has 1 aromatic heterocycles. The monoisotopic (exact) mass is 454 g/mol. The van der Waals surface area contributed by atoms with Gasteiger partial charge in [-0.3, -0.25) is 0 Å². The Kier molecular flexibility index (Phi) is 5.29. The molecule has 2 heterocycles. The van der Waals surface area contributed by atoms with E-state index < -0.39 is 10.0 Å². The molecule has 0 atom stereocenters. The summed E-state index contributed by atoms with van der Waals surface area (Å²) in [6.45, 7) is 0.858. The average molecular weight is 455 g/mol. The topological polar surface area (TPSA) is 68.7 Å². The second-order valence-corrected chi connectivity index (χ2v) is 10.5. The second-order valence-electron chi connectivity index (χ2n) is 7.54. The lowest BCUT2D eigenvalue weighted by Gasteiger charge is -2.30. The molecule has 5 rings (SSSR count). The van der Waals surface area contributed by atoms with Gasteiger partial charge in [0.15, 0.2) is 0 Å². The van der Waals surface area contributed by atoms with Gasteiger partial charge in [0.2, 0.25) is 10.0 Å². The van der Waals surface area contributed by atoms with E-state index in [1.54, 1.807) is 23.5 Å². The molecule has 0 N–H and O–H groups in total. The molecule has 0 radical (unpaired) electrons. The van der Waals surface area contributed by atoms with Crippen LogP contribution in [0.1, 0.15) is 12.8 Å². The Morgan fingerprint density at radius 2 is 1.77 bits per heavy atom.